The second-order valence-electron chi connectivity index (χ2n) is 2.27. The van der Waals surface area contributed by atoms with E-state index in [1.807, 2.05) is 0 Å². The maximum absolute atomic E-state index is 10.5. The van der Waals surface area contributed by atoms with Crippen molar-refractivity contribution >= 4 is 34.5 Å². The molecule has 0 amide bonds. The van der Waals surface area contributed by atoms with E-state index in [2.05, 4.69) is 16.8 Å². The number of aromatic nitrogens is 1. The summed E-state index contributed by atoms with van der Waals surface area (Å²) in [4.78, 5) is 24.8. The van der Waals surface area contributed by atoms with Gasteiger partial charge in [0.15, 0.2) is 16.4 Å². The molecule has 1 heterocycles. The Kier molecular flexibility index (Phi) is 4.36. The molecular weight excluding hydrogens is 218 g/mol. The highest BCUT2D eigenvalue weighted by molar-refractivity contribution is 8.13. The van der Waals surface area contributed by atoms with Crippen LogP contribution in [0.5, 0.6) is 0 Å². The lowest BCUT2D eigenvalue weighted by molar-refractivity contribution is -0.109. The summed E-state index contributed by atoms with van der Waals surface area (Å²) < 4.78 is 0. The van der Waals surface area contributed by atoms with E-state index in [-0.39, 0.29) is 5.12 Å². The molecule has 3 nitrogen and oxygen atoms in total. The first kappa shape index (κ1) is 11.0. The van der Waals surface area contributed by atoms with E-state index in [4.69, 9.17) is 0 Å². The molecule has 1 aromatic rings. The average molecular weight is 225 g/mol. The maximum atomic E-state index is 10.5. The van der Waals surface area contributed by atoms with Crippen LogP contribution in [0.2, 0.25) is 0 Å². The van der Waals surface area contributed by atoms with Gasteiger partial charge in [-0.2, -0.15) is 0 Å². The predicted octanol–water partition coefficient (Wildman–Crippen LogP) is 1.59. The van der Waals surface area contributed by atoms with Gasteiger partial charge in [-0.25, -0.2) is 4.98 Å². The Morgan fingerprint density at radius 1 is 1.79 bits per heavy atom. The van der Waals surface area contributed by atoms with Crippen LogP contribution in [0.3, 0.4) is 0 Å². The molecule has 0 fully saturated rings. The summed E-state index contributed by atoms with van der Waals surface area (Å²) in [6.45, 7) is 1.50. The van der Waals surface area contributed by atoms with Crippen LogP contribution >= 0.6 is 23.1 Å². The lowest BCUT2D eigenvalue weighted by Gasteiger charge is -1.83. The summed E-state index contributed by atoms with van der Waals surface area (Å²) >= 11 is 2.42. The second kappa shape index (κ2) is 5.58. The Hall–Kier alpha value is -1.12. The van der Waals surface area contributed by atoms with E-state index >= 15 is 0 Å². The summed E-state index contributed by atoms with van der Waals surface area (Å²) in [5, 5.41) is 2.19. The van der Waals surface area contributed by atoms with Crippen LogP contribution in [0.15, 0.2) is 5.38 Å². The van der Waals surface area contributed by atoms with Gasteiger partial charge >= 0.3 is 0 Å². The zero-order valence-electron chi connectivity index (χ0n) is 7.44. The van der Waals surface area contributed by atoms with Gasteiger partial charge in [0, 0.05) is 12.3 Å². The molecule has 72 valence electrons. The van der Waals surface area contributed by atoms with Crippen molar-refractivity contribution in [3.8, 4) is 11.8 Å². The lowest BCUT2D eigenvalue weighted by atomic mass is 10.5. The van der Waals surface area contributed by atoms with Crippen molar-refractivity contribution in [1.29, 1.82) is 0 Å². The first-order valence-electron chi connectivity index (χ1n) is 3.75. The minimum Gasteiger partial charge on any atom is -0.295 e. The molecule has 0 aliphatic carbocycles. The Morgan fingerprint density at radius 2 is 2.57 bits per heavy atom. The maximum Gasteiger partial charge on any atom is 0.186 e. The third-order valence-corrected chi connectivity index (χ3v) is 2.65. The fourth-order valence-corrected chi connectivity index (χ4v) is 1.56. The highest BCUT2D eigenvalue weighted by Crippen LogP contribution is 2.06. The Bertz CT molecular complexity index is 400. The van der Waals surface area contributed by atoms with Gasteiger partial charge in [0.2, 0.25) is 0 Å². The number of hydrogen-bond donors (Lipinski definition) is 0. The Morgan fingerprint density at radius 3 is 3.14 bits per heavy atom. The van der Waals surface area contributed by atoms with Gasteiger partial charge in [-0.05, 0) is 5.92 Å². The molecule has 14 heavy (non-hydrogen) atoms. The molecule has 0 bridgehead atoms. The number of carbonyl (C=O) groups is 2. The van der Waals surface area contributed by atoms with Crippen LogP contribution in [0.1, 0.15) is 22.4 Å². The predicted molar refractivity (Wildman–Crippen MR) is 57.5 cm³/mol. The van der Waals surface area contributed by atoms with Crippen LogP contribution in [0.25, 0.3) is 0 Å². The van der Waals surface area contributed by atoms with Crippen molar-refractivity contribution in [2.24, 2.45) is 0 Å². The molecule has 0 aliphatic heterocycles. The summed E-state index contributed by atoms with van der Waals surface area (Å²) in [7, 11) is 0. The largest absolute Gasteiger partial charge is 0.295 e. The number of hydrogen-bond acceptors (Lipinski definition) is 5. The average Bonchev–Trinajstić information content (AvgIpc) is 2.60. The molecule has 1 aromatic heterocycles. The van der Waals surface area contributed by atoms with Crippen LogP contribution in [-0.2, 0) is 4.79 Å². The number of aldehydes is 1. The van der Waals surface area contributed by atoms with Gasteiger partial charge in [0.1, 0.15) is 5.69 Å². The number of thioether (sulfide) groups is 1. The quantitative estimate of drug-likeness (QED) is 0.566. The summed E-state index contributed by atoms with van der Waals surface area (Å²) in [5.74, 6) is 6.02. The van der Waals surface area contributed by atoms with Crippen molar-refractivity contribution < 1.29 is 9.59 Å². The molecular formula is C9H7NO2S2. The molecule has 0 N–H and O–H groups in total. The van der Waals surface area contributed by atoms with Gasteiger partial charge in [0.05, 0.1) is 5.75 Å². The number of thiazole rings is 1. The first-order chi connectivity index (χ1) is 6.72. The summed E-state index contributed by atoms with van der Waals surface area (Å²) in [6.07, 6.45) is 0.695. The number of rotatable bonds is 2. The molecule has 0 saturated carbocycles. The lowest BCUT2D eigenvalue weighted by Crippen LogP contribution is -1.83. The van der Waals surface area contributed by atoms with Gasteiger partial charge < -0.3 is 0 Å². The smallest absolute Gasteiger partial charge is 0.186 e. The number of nitrogens with zero attached hydrogens (tertiary/aromatic N) is 1. The van der Waals surface area contributed by atoms with Crippen molar-refractivity contribution in [3.05, 3.63) is 16.1 Å². The van der Waals surface area contributed by atoms with Crippen molar-refractivity contribution in [2.75, 3.05) is 5.75 Å². The zero-order valence-corrected chi connectivity index (χ0v) is 9.08. The summed E-state index contributed by atoms with van der Waals surface area (Å²) in [6, 6.07) is 0. The van der Waals surface area contributed by atoms with E-state index in [0.29, 0.717) is 22.7 Å². The van der Waals surface area contributed by atoms with Crippen LogP contribution < -0.4 is 0 Å². The molecule has 0 atom stereocenters. The summed E-state index contributed by atoms with van der Waals surface area (Å²) in [5.41, 5.74) is 0.584. The van der Waals surface area contributed by atoms with Crippen molar-refractivity contribution in [1.82, 2.24) is 4.98 Å². The van der Waals surface area contributed by atoms with E-state index in [1.165, 1.54) is 18.3 Å². The zero-order chi connectivity index (χ0) is 10.4. The van der Waals surface area contributed by atoms with Crippen LogP contribution in [0.4, 0.5) is 0 Å². The minimum absolute atomic E-state index is 0.0474. The molecule has 0 radical (unpaired) electrons. The van der Waals surface area contributed by atoms with Crippen LogP contribution in [0, 0.1) is 11.8 Å². The molecule has 5 heteroatoms. The van der Waals surface area contributed by atoms with Crippen LogP contribution in [-0.4, -0.2) is 22.1 Å². The van der Waals surface area contributed by atoms with E-state index in [1.54, 1.807) is 5.38 Å². The number of carbonyl (C=O) groups excluding carboxylic acids is 2. The molecule has 1 rings (SSSR count). The third kappa shape index (κ3) is 3.73. The first-order valence-corrected chi connectivity index (χ1v) is 5.62. The highest BCUT2D eigenvalue weighted by atomic mass is 32.2. The topological polar surface area (TPSA) is 47.0 Å². The van der Waals surface area contributed by atoms with Gasteiger partial charge in [-0.3, -0.25) is 9.59 Å². The molecule has 0 spiro atoms. The minimum atomic E-state index is 0.0474. The Balaban J connectivity index is 2.50. The molecule has 0 saturated heterocycles. The van der Waals surface area contributed by atoms with Crippen molar-refractivity contribution in [3.63, 3.8) is 0 Å². The highest BCUT2D eigenvalue weighted by Gasteiger charge is 1.96. The van der Waals surface area contributed by atoms with Gasteiger partial charge in [0.25, 0.3) is 0 Å². The normalized spacial score (nSPS) is 8.93. The fourth-order valence-electron chi connectivity index (χ4n) is 0.664. The Labute approximate surface area is 89.9 Å². The molecule has 0 unspecified atom stereocenters. The SMILES string of the molecule is CC(=O)SCC#Cc1csc(C=O)n1. The van der Waals surface area contributed by atoms with E-state index in [0.717, 1.165) is 11.8 Å². The van der Waals surface area contributed by atoms with E-state index < -0.39 is 0 Å². The fraction of sp³-hybridized carbons (Fsp3) is 0.222. The monoisotopic (exact) mass is 225 g/mol. The molecule has 0 aliphatic rings. The third-order valence-electron chi connectivity index (χ3n) is 1.19. The molecule has 0 aromatic carbocycles. The van der Waals surface area contributed by atoms with E-state index in [9.17, 15) is 9.59 Å². The second-order valence-corrected chi connectivity index (χ2v) is 4.31. The van der Waals surface area contributed by atoms with Gasteiger partial charge in [-0.15, -0.1) is 11.3 Å². The van der Waals surface area contributed by atoms with Gasteiger partial charge in [-0.1, -0.05) is 17.7 Å². The van der Waals surface area contributed by atoms with Crippen molar-refractivity contribution in [2.45, 2.75) is 6.92 Å². The standard InChI is InChI=1S/C9H7NO2S2/c1-7(12)13-4-2-3-8-6-14-9(5-11)10-8/h5-6H,4H2,1H3.